The van der Waals surface area contributed by atoms with Gasteiger partial charge in [0.2, 0.25) is 0 Å². The van der Waals surface area contributed by atoms with E-state index in [4.69, 9.17) is 9.47 Å². The molecule has 1 aliphatic heterocycles. The number of amides is 1. The lowest BCUT2D eigenvalue weighted by atomic mass is 9.99. The summed E-state index contributed by atoms with van der Waals surface area (Å²) >= 11 is 0. The number of carbonyl (C=O) groups is 1. The van der Waals surface area contributed by atoms with Crippen LogP contribution in [0.25, 0.3) is 11.3 Å². The molecule has 3 heterocycles. The number of rotatable bonds is 3. The van der Waals surface area contributed by atoms with E-state index >= 15 is 0 Å². The van der Waals surface area contributed by atoms with Crippen molar-refractivity contribution < 1.29 is 27.4 Å². The summed E-state index contributed by atoms with van der Waals surface area (Å²) in [6.45, 7) is 4.33. The molecule has 1 saturated heterocycles. The van der Waals surface area contributed by atoms with E-state index in [0.29, 0.717) is 0 Å². The Balaban J connectivity index is 2.03. The van der Waals surface area contributed by atoms with E-state index in [1.54, 1.807) is 20.8 Å². The van der Waals surface area contributed by atoms with Crippen molar-refractivity contribution in [2.75, 3.05) is 11.9 Å². The zero-order chi connectivity index (χ0) is 21.2. The molecule has 1 amide bonds. The van der Waals surface area contributed by atoms with Crippen LogP contribution in [0.2, 0.25) is 0 Å². The zero-order valence-electron chi connectivity index (χ0n) is 16.3. The Morgan fingerprint density at radius 3 is 2.66 bits per heavy atom. The standard InChI is InChI=1S/C20H22F3N3O3/c1-19(2,3)29-18(27)26-16-12(15-13(21)5-4-9-24-15)7-10-25-17(16)14-6-8-20(22,23)11-28-14/h4-5,7,9-10,14H,6,8,11H2,1-3H3,(H,26,27). The lowest BCUT2D eigenvalue weighted by Crippen LogP contribution is -2.32. The summed E-state index contributed by atoms with van der Waals surface area (Å²) in [4.78, 5) is 20.7. The Morgan fingerprint density at radius 1 is 1.28 bits per heavy atom. The van der Waals surface area contributed by atoms with E-state index in [1.165, 1.54) is 30.6 Å². The van der Waals surface area contributed by atoms with Crippen LogP contribution >= 0.6 is 0 Å². The van der Waals surface area contributed by atoms with Gasteiger partial charge in [0.25, 0.3) is 5.92 Å². The minimum absolute atomic E-state index is 0.00283. The smallest absolute Gasteiger partial charge is 0.412 e. The summed E-state index contributed by atoms with van der Waals surface area (Å²) in [5, 5.41) is 2.58. The van der Waals surface area contributed by atoms with Gasteiger partial charge in [-0.15, -0.1) is 0 Å². The number of hydrogen-bond donors (Lipinski definition) is 1. The van der Waals surface area contributed by atoms with Crippen LogP contribution in [0.15, 0.2) is 30.6 Å². The first-order chi connectivity index (χ1) is 13.6. The van der Waals surface area contributed by atoms with Crippen molar-refractivity contribution in [3.63, 3.8) is 0 Å². The summed E-state index contributed by atoms with van der Waals surface area (Å²) in [6, 6.07) is 4.16. The minimum atomic E-state index is -2.92. The Morgan fingerprint density at radius 2 is 2.03 bits per heavy atom. The van der Waals surface area contributed by atoms with Gasteiger partial charge in [-0.3, -0.25) is 15.3 Å². The van der Waals surface area contributed by atoms with Crippen LogP contribution in [0.4, 0.5) is 23.7 Å². The zero-order valence-corrected chi connectivity index (χ0v) is 16.3. The van der Waals surface area contributed by atoms with Crippen molar-refractivity contribution in [2.45, 2.75) is 51.2 Å². The van der Waals surface area contributed by atoms with Crippen LogP contribution in [0, 0.1) is 5.82 Å². The van der Waals surface area contributed by atoms with Gasteiger partial charge in [-0.2, -0.15) is 0 Å². The fraction of sp³-hybridized carbons (Fsp3) is 0.450. The topological polar surface area (TPSA) is 73.3 Å². The first kappa shape index (κ1) is 21.0. The van der Waals surface area contributed by atoms with Crippen molar-refractivity contribution in [3.8, 4) is 11.3 Å². The number of anilines is 1. The highest BCUT2D eigenvalue weighted by atomic mass is 19.3. The maximum absolute atomic E-state index is 14.4. The van der Waals surface area contributed by atoms with Crippen molar-refractivity contribution in [1.29, 1.82) is 0 Å². The van der Waals surface area contributed by atoms with Gasteiger partial charge >= 0.3 is 6.09 Å². The van der Waals surface area contributed by atoms with Crippen molar-refractivity contribution in [1.82, 2.24) is 9.97 Å². The van der Waals surface area contributed by atoms with Crippen molar-refractivity contribution >= 4 is 11.8 Å². The Labute approximate surface area is 166 Å². The number of nitrogens with zero attached hydrogens (tertiary/aromatic N) is 2. The van der Waals surface area contributed by atoms with Gasteiger partial charge in [0.1, 0.15) is 29.8 Å². The third-order valence-electron chi connectivity index (χ3n) is 4.19. The Kier molecular flexibility index (Phi) is 5.79. The van der Waals surface area contributed by atoms with Gasteiger partial charge in [-0.05, 0) is 45.4 Å². The van der Waals surface area contributed by atoms with Crippen LogP contribution in [0.5, 0.6) is 0 Å². The minimum Gasteiger partial charge on any atom is -0.444 e. The van der Waals surface area contributed by atoms with Crippen LogP contribution in [-0.4, -0.2) is 34.2 Å². The van der Waals surface area contributed by atoms with E-state index in [1.807, 2.05) is 0 Å². The SMILES string of the molecule is CC(C)(C)OC(=O)Nc1c(-c2ncccc2F)ccnc1C1CCC(F)(F)CO1. The third-order valence-corrected chi connectivity index (χ3v) is 4.19. The molecule has 0 bridgehead atoms. The lowest BCUT2D eigenvalue weighted by Gasteiger charge is -2.30. The highest BCUT2D eigenvalue weighted by Crippen LogP contribution is 2.40. The number of alkyl halides is 2. The molecule has 0 radical (unpaired) electrons. The highest BCUT2D eigenvalue weighted by Gasteiger charge is 2.38. The Bertz CT molecular complexity index is 890. The number of halogens is 3. The van der Waals surface area contributed by atoms with E-state index < -0.39 is 36.1 Å². The summed E-state index contributed by atoms with van der Waals surface area (Å²) in [7, 11) is 0. The number of carbonyl (C=O) groups excluding carboxylic acids is 1. The molecular weight excluding hydrogens is 387 g/mol. The van der Waals surface area contributed by atoms with E-state index in [0.717, 1.165) is 0 Å². The van der Waals surface area contributed by atoms with Crippen molar-refractivity contribution in [2.24, 2.45) is 0 Å². The molecule has 1 atom stereocenters. The molecule has 9 heteroatoms. The third kappa shape index (κ3) is 5.23. The predicted octanol–water partition coefficient (Wildman–Crippen LogP) is 5.12. The van der Waals surface area contributed by atoms with Gasteiger partial charge in [-0.1, -0.05) is 0 Å². The molecule has 3 rings (SSSR count). The van der Waals surface area contributed by atoms with Crippen LogP contribution in [-0.2, 0) is 9.47 Å². The van der Waals surface area contributed by atoms with E-state index in [2.05, 4.69) is 15.3 Å². The average Bonchev–Trinajstić information content (AvgIpc) is 2.61. The molecule has 156 valence electrons. The summed E-state index contributed by atoms with van der Waals surface area (Å²) < 4.78 is 52.0. The van der Waals surface area contributed by atoms with Crippen LogP contribution in [0.1, 0.15) is 45.4 Å². The molecular formula is C20H22F3N3O3. The van der Waals surface area contributed by atoms with Crippen LogP contribution in [0.3, 0.4) is 0 Å². The maximum Gasteiger partial charge on any atom is 0.412 e. The summed E-state index contributed by atoms with van der Waals surface area (Å²) in [5.41, 5.74) is -0.196. The molecule has 0 aromatic carbocycles. The van der Waals surface area contributed by atoms with Crippen LogP contribution < -0.4 is 5.32 Å². The number of pyridine rings is 2. The molecule has 1 unspecified atom stereocenters. The number of aromatic nitrogens is 2. The first-order valence-corrected chi connectivity index (χ1v) is 9.15. The number of ether oxygens (including phenoxy) is 2. The lowest BCUT2D eigenvalue weighted by molar-refractivity contribution is -0.146. The molecule has 0 saturated carbocycles. The molecule has 1 aliphatic rings. The molecule has 6 nitrogen and oxygen atoms in total. The number of nitrogens with one attached hydrogen (secondary N) is 1. The van der Waals surface area contributed by atoms with Gasteiger partial charge < -0.3 is 9.47 Å². The van der Waals surface area contributed by atoms with Gasteiger partial charge in [0.15, 0.2) is 0 Å². The quantitative estimate of drug-likeness (QED) is 0.762. The predicted molar refractivity (Wildman–Crippen MR) is 100 cm³/mol. The van der Waals surface area contributed by atoms with E-state index in [-0.39, 0.29) is 35.5 Å². The first-order valence-electron chi connectivity index (χ1n) is 9.15. The maximum atomic E-state index is 14.4. The second-order valence-corrected chi connectivity index (χ2v) is 7.77. The summed E-state index contributed by atoms with van der Waals surface area (Å²) in [6.07, 6.45) is 0.851. The monoisotopic (exact) mass is 409 g/mol. The molecule has 2 aromatic rings. The molecule has 2 aromatic heterocycles. The second-order valence-electron chi connectivity index (χ2n) is 7.77. The molecule has 0 aliphatic carbocycles. The second kappa shape index (κ2) is 7.98. The number of hydrogen-bond acceptors (Lipinski definition) is 5. The average molecular weight is 409 g/mol. The van der Waals surface area contributed by atoms with Gasteiger partial charge in [0.05, 0.1) is 11.4 Å². The van der Waals surface area contributed by atoms with Gasteiger partial charge in [-0.25, -0.2) is 18.0 Å². The highest BCUT2D eigenvalue weighted by molar-refractivity contribution is 5.92. The molecule has 1 fully saturated rings. The molecule has 0 spiro atoms. The fourth-order valence-corrected chi connectivity index (χ4v) is 2.98. The largest absolute Gasteiger partial charge is 0.444 e. The summed E-state index contributed by atoms with van der Waals surface area (Å²) in [5.74, 6) is -3.52. The van der Waals surface area contributed by atoms with Crippen molar-refractivity contribution in [3.05, 3.63) is 42.1 Å². The molecule has 1 N–H and O–H groups in total. The fourth-order valence-electron chi connectivity index (χ4n) is 2.98. The van der Waals surface area contributed by atoms with Gasteiger partial charge in [0, 0.05) is 24.4 Å². The molecule has 29 heavy (non-hydrogen) atoms. The van der Waals surface area contributed by atoms with E-state index in [9.17, 15) is 18.0 Å². The normalized spacial score (nSPS) is 18.9. The Hall–Kier alpha value is -2.68.